The molecule has 8 heteroatoms. The quantitative estimate of drug-likeness (QED) is 0.1000. The summed E-state index contributed by atoms with van der Waals surface area (Å²) in [7, 11) is 0. The van der Waals surface area contributed by atoms with Crippen LogP contribution in [0.4, 0.5) is 0 Å². The largest absolute Gasteiger partial charge is 0.493 e. The van der Waals surface area contributed by atoms with Gasteiger partial charge in [0.2, 0.25) is 5.88 Å². The normalized spacial score (nSPS) is 13.7. The Kier molecular flexibility index (Phi) is 9.90. The molecule has 4 aromatic carbocycles. The average Bonchev–Trinajstić information content (AvgIpc) is 3.04. The number of benzene rings is 4. The monoisotopic (exact) mass is 604 g/mol. The Morgan fingerprint density at radius 1 is 0.911 bits per heavy atom. The summed E-state index contributed by atoms with van der Waals surface area (Å²) >= 11 is 0. The highest BCUT2D eigenvalue weighted by Gasteiger charge is 2.32. The zero-order valence-corrected chi connectivity index (χ0v) is 25.7. The number of nitriles is 1. The van der Waals surface area contributed by atoms with Crippen molar-refractivity contribution in [3.63, 3.8) is 0 Å². The van der Waals surface area contributed by atoms with Crippen molar-refractivity contribution in [2.75, 3.05) is 13.2 Å². The van der Waals surface area contributed by atoms with Crippen LogP contribution in [0.2, 0.25) is 0 Å². The number of nitrogens with zero attached hydrogens (tertiary/aromatic N) is 1. The highest BCUT2D eigenvalue weighted by molar-refractivity contribution is 5.94. The predicted molar refractivity (Wildman–Crippen MR) is 171 cm³/mol. The van der Waals surface area contributed by atoms with Crippen molar-refractivity contribution >= 4 is 5.97 Å². The van der Waals surface area contributed by atoms with Gasteiger partial charge in [0.05, 0.1) is 19.1 Å². The van der Waals surface area contributed by atoms with Gasteiger partial charge in [-0.2, -0.15) is 5.26 Å². The molecule has 1 atom stereocenters. The number of nitrogens with two attached hydrogens (primary N) is 1. The van der Waals surface area contributed by atoms with E-state index >= 15 is 0 Å². The summed E-state index contributed by atoms with van der Waals surface area (Å²) in [5.74, 6) is 1.13. The van der Waals surface area contributed by atoms with Crippen LogP contribution >= 0.6 is 0 Å². The van der Waals surface area contributed by atoms with E-state index in [1.165, 1.54) is 5.56 Å². The summed E-state index contributed by atoms with van der Waals surface area (Å²) < 4.78 is 29.5. The van der Waals surface area contributed by atoms with Gasteiger partial charge in [0, 0.05) is 11.6 Å². The van der Waals surface area contributed by atoms with Crippen molar-refractivity contribution in [3.05, 3.63) is 124 Å². The third kappa shape index (κ3) is 7.22. The smallest absolute Gasteiger partial charge is 0.347 e. The van der Waals surface area contributed by atoms with Gasteiger partial charge in [0.25, 0.3) is 0 Å². The maximum atomic E-state index is 13.1. The summed E-state index contributed by atoms with van der Waals surface area (Å²) in [6.07, 6.45) is 1.86. The Labute approximate surface area is 263 Å². The van der Waals surface area contributed by atoms with Crippen molar-refractivity contribution in [2.45, 2.75) is 46.1 Å². The maximum Gasteiger partial charge on any atom is 0.347 e. The summed E-state index contributed by atoms with van der Waals surface area (Å²) in [4.78, 5) is 13.1. The Balaban J connectivity index is 1.41. The van der Waals surface area contributed by atoms with Crippen LogP contribution in [0.1, 0.15) is 65.2 Å². The van der Waals surface area contributed by atoms with Gasteiger partial charge in [-0.05, 0) is 61.7 Å². The van der Waals surface area contributed by atoms with Crippen LogP contribution in [-0.2, 0) is 6.61 Å². The second-order valence-corrected chi connectivity index (χ2v) is 10.6. The van der Waals surface area contributed by atoms with Gasteiger partial charge in [-0.3, -0.25) is 0 Å². The van der Waals surface area contributed by atoms with Crippen molar-refractivity contribution in [3.8, 4) is 34.8 Å². The van der Waals surface area contributed by atoms with E-state index in [2.05, 4.69) is 13.0 Å². The van der Waals surface area contributed by atoms with Crippen LogP contribution in [0.3, 0.4) is 0 Å². The molecule has 4 aromatic rings. The zero-order valence-electron chi connectivity index (χ0n) is 25.7. The Morgan fingerprint density at radius 3 is 2.47 bits per heavy atom. The minimum atomic E-state index is -0.557. The Morgan fingerprint density at radius 2 is 1.71 bits per heavy atom. The lowest BCUT2D eigenvalue weighted by Crippen LogP contribution is -2.21. The lowest BCUT2D eigenvalue weighted by atomic mass is 9.83. The third-order valence-electron chi connectivity index (χ3n) is 7.38. The highest BCUT2D eigenvalue weighted by atomic mass is 16.5. The van der Waals surface area contributed by atoms with Gasteiger partial charge in [-0.25, -0.2) is 4.79 Å². The summed E-state index contributed by atoms with van der Waals surface area (Å²) in [6, 6.07) is 28.0. The molecule has 0 amide bonds. The van der Waals surface area contributed by atoms with Crippen LogP contribution in [0, 0.1) is 18.3 Å². The first-order valence-corrected chi connectivity index (χ1v) is 15.0. The van der Waals surface area contributed by atoms with Gasteiger partial charge in [-0.15, -0.1) is 0 Å². The molecule has 1 heterocycles. The first-order chi connectivity index (χ1) is 21.9. The molecular formula is C37H36N2O6. The molecule has 2 N–H and O–H groups in total. The molecule has 5 rings (SSSR count). The Hall–Kier alpha value is -5.42. The molecule has 0 fully saturated rings. The molecule has 0 aliphatic carbocycles. The fraction of sp³-hybridized carbons (Fsp3) is 0.243. The number of unbranched alkanes of at least 4 members (excludes halogenated alkanes) is 1. The van der Waals surface area contributed by atoms with Crippen LogP contribution in [0.15, 0.2) is 96.4 Å². The molecule has 1 unspecified atom stereocenters. The van der Waals surface area contributed by atoms with Gasteiger partial charge in [-0.1, -0.05) is 67.4 Å². The molecule has 1 aliphatic heterocycles. The molecule has 45 heavy (non-hydrogen) atoms. The summed E-state index contributed by atoms with van der Waals surface area (Å²) in [5, 5.41) is 10.1. The average molecular weight is 605 g/mol. The van der Waals surface area contributed by atoms with Gasteiger partial charge in [0.1, 0.15) is 41.1 Å². The molecule has 0 saturated heterocycles. The fourth-order valence-electron chi connectivity index (χ4n) is 5.03. The number of allylic oxidation sites excluding steroid dienone is 1. The third-order valence-corrected chi connectivity index (χ3v) is 7.38. The standard InChI is InChI=1S/C37H36N2O6/c1-4-6-19-42-31-10-8-7-9-29(31)37(40)44-27-16-17-28-33(21-27)45-36(39)30(22-38)35(28)26-15-18-32(34(20-26)41-5-2)43-23-25-13-11-24(3)12-14-25/h7-18,20-21,35H,4-6,19,23,39H2,1-3H3. The number of para-hydroxylation sites is 1. The van der Waals surface area contributed by atoms with Crippen molar-refractivity contribution in [2.24, 2.45) is 5.73 Å². The first-order valence-electron chi connectivity index (χ1n) is 15.0. The fourth-order valence-corrected chi connectivity index (χ4v) is 5.03. The van der Waals surface area contributed by atoms with E-state index in [0.29, 0.717) is 53.9 Å². The number of hydrogen-bond acceptors (Lipinski definition) is 8. The maximum absolute atomic E-state index is 13.1. The second-order valence-electron chi connectivity index (χ2n) is 10.6. The molecule has 0 bridgehead atoms. The first kappa shape index (κ1) is 31.0. The molecule has 0 radical (unpaired) electrons. The summed E-state index contributed by atoms with van der Waals surface area (Å²) in [5.41, 5.74) is 10.5. The lowest BCUT2D eigenvalue weighted by molar-refractivity contribution is 0.0730. The topological polar surface area (TPSA) is 113 Å². The molecule has 1 aliphatic rings. The van der Waals surface area contributed by atoms with E-state index in [9.17, 15) is 10.1 Å². The minimum Gasteiger partial charge on any atom is -0.493 e. The van der Waals surface area contributed by atoms with E-state index < -0.39 is 11.9 Å². The van der Waals surface area contributed by atoms with E-state index in [1.807, 2.05) is 62.4 Å². The molecule has 0 aromatic heterocycles. The molecule has 0 spiro atoms. The van der Waals surface area contributed by atoms with Gasteiger partial charge in [0.15, 0.2) is 11.5 Å². The van der Waals surface area contributed by atoms with E-state index in [-0.39, 0.29) is 17.2 Å². The van der Waals surface area contributed by atoms with Crippen LogP contribution < -0.4 is 29.4 Å². The van der Waals surface area contributed by atoms with Gasteiger partial charge >= 0.3 is 5.97 Å². The Bertz CT molecular complexity index is 1740. The predicted octanol–water partition coefficient (Wildman–Crippen LogP) is 7.59. The van der Waals surface area contributed by atoms with Crippen molar-refractivity contribution in [1.29, 1.82) is 5.26 Å². The summed E-state index contributed by atoms with van der Waals surface area (Å²) in [6.45, 7) is 7.33. The van der Waals surface area contributed by atoms with Crippen LogP contribution in [-0.4, -0.2) is 19.2 Å². The van der Waals surface area contributed by atoms with E-state index in [1.54, 1.807) is 36.4 Å². The number of esters is 1. The SMILES string of the molecule is CCCCOc1ccccc1C(=O)Oc1ccc2c(c1)OC(N)=C(C#N)C2c1ccc(OCc2ccc(C)cc2)c(OCC)c1. The highest BCUT2D eigenvalue weighted by Crippen LogP contribution is 2.45. The number of ether oxygens (including phenoxy) is 5. The second kappa shape index (κ2) is 14.4. The van der Waals surface area contributed by atoms with Crippen LogP contribution in [0.25, 0.3) is 0 Å². The van der Waals surface area contributed by atoms with E-state index in [4.69, 9.17) is 29.4 Å². The van der Waals surface area contributed by atoms with Crippen LogP contribution in [0.5, 0.6) is 28.7 Å². The molecule has 0 saturated carbocycles. The van der Waals surface area contributed by atoms with E-state index in [0.717, 1.165) is 24.0 Å². The van der Waals surface area contributed by atoms with Gasteiger partial charge < -0.3 is 29.4 Å². The van der Waals surface area contributed by atoms with Crippen molar-refractivity contribution < 1.29 is 28.5 Å². The molecule has 8 nitrogen and oxygen atoms in total. The number of carbonyl (C=O) groups excluding carboxylic acids is 1. The number of hydrogen-bond donors (Lipinski definition) is 1. The minimum absolute atomic E-state index is 0.0224. The number of fused-ring (bicyclic) bond motifs is 1. The lowest BCUT2D eigenvalue weighted by Gasteiger charge is -2.27. The van der Waals surface area contributed by atoms with Crippen molar-refractivity contribution in [1.82, 2.24) is 0 Å². The molecule has 230 valence electrons. The number of aryl methyl sites for hydroxylation is 1. The number of rotatable bonds is 12. The zero-order chi connectivity index (χ0) is 31.8. The number of carbonyl (C=O) groups is 1. The molecular weight excluding hydrogens is 568 g/mol.